The zero-order chi connectivity index (χ0) is 31.3. The highest BCUT2D eigenvalue weighted by molar-refractivity contribution is 5.99. The average molecular weight is 617 g/mol. The first-order valence-corrected chi connectivity index (χ1v) is 16.0. The maximum absolute atomic E-state index is 16.7. The Labute approximate surface area is 266 Å². The van der Waals surface area contributed by atoms with Crippen molar-refractivity contribution >= 4 is 33.2 Å². The molecular formula is C37H34F2N6O. The molecule has 3 fully saturated rings. The molecule has 9 heteroatoms. The van der Waals surface area contributed by atoms with Crippen molar-refractivity contribution in [1.82, 2.24) is 19.9 Å². The normalized spacial score (nSPS) is 17.8. The molecule has 8 rings (SSSR count). The summed E-state index contributed by atoms with van der Waals surface area (Å²) in [6.07, 6.45) is 11.8. The van der Waals surface area contributed by atoms with Crippen LogP contribution in [0, 0.1) is 24.0 Å². The van der Waals surface area contributed by atoms with Crippen molar-refractivity contribution in [2.45, 2.75) is 31.2 Å². The van der Waals surface area contributed by atoms with Crippen LogP contribution in [0.25, 0.3) is 32.9 Å². The second-order valence-electron chi connectivity index (χ2n) is 12.5. The van der Waals surface area contributed by atoms with Crippen LogP contribution in [0.1, 0.15) is 31.2 Å². The topological polar surface area (TPSA) is 57.6 Å². The van der Waals surface area contributed by atoms with E-state index >= 15 is 8.78 Å². The Morgan fingerprint density at radius 1 is 0.848 bits per heavy atom. The Kier molecular flexibility index (Phi) is 7.18. The van der Waals surface area contributed by atoms with E-state index in [1.54, 1.807) is 24.4 Å². The van der Waals surface area contributed by atoms with Crippen LogP contribution in [0.15, 0.2) is 66.9 Å². The number of fused-ring (bicyclic) bond motifs is 3. The molecule has 0 saturated carbocycles. The van der Waals surface area contributed by atoms with Gasteiger partial charge < -0.3 is 14.5 Å². The van der Waals surface area contributed by atoms with Crippen molar-refractivity contribution in [3.63, 3.8) is 0 Å². The first-order chi connectivity index (χ1) is 22.5. The molecule has 7 nitrogen and oxygen atoms in total. The number of rotatable bonds is 6. The van der Waals surface area contributed by atoms with E-state index in [2.05, 4.69) is 30.6 Å². The van der Waals surface area contributed by atoms with Gasteiger partial charge in [0.2, 0.25) is 0 Å². The smallest absolute Gasteiger partial charge is 0.319 e. The largest absolute Gasteiger partial charge is 0.461 e. The van der Waals surface area contributed by atoms with E-state index in [0.29, 0.717) is 60.3 Å². The Hall–Kier alpha value is -4.81. The summed E-state index contributed by atoms with van der Waals surface area (Å²) in [6.45, 7) is 5.31. The highest BCUT2D eigenvalue weighted by Gasteiger charge is 2.45. The van der Waals surface area contributed by atoms with Gasteiger partial charge >= 0.3 is 6.01 Å². The summed E-state index contributed by atoms with van der Waals surface area (Å²) in [5, 5.41) is 1.49. The molecule has 5 aromatic rings. The maximum atomic E-state index is 16.7. The molecule has 0 radical (unpaired) electrons. The van der Waals surface area contributed by atoms with Gasteiger partial charge in [-0.2, -0.15) is 9.97 Å². The highest BCUT2D eigenvalue weighted by Crippen LogP contribution is 2.40. The van der Waals surface area contributed by atoms with E-state index in [1.165, 1.54) is 6.07 Å². The third-order valence-electron chi connectivity index (χ3n) is 10.0. The lowest BCUT2D eigenvalue weighted by atomic mass is 9.95. The van der Waals surface area contributed by atoms with E-state index in [9.17, 15) is 0 Å². The number of hydrogen-bond donors (Lipinski definition) is 0. The second kappa shape index (κ2) is 11.5. The fourth-order valence-electron chi connectivity index (χ4n) is 7.70. The van der Waals surface area contributed by atoms with Gasteiger partial charge in [0.05, 0.1) is 16.6 Å². The van der Waals surface area contributed by atoms with Crippen LogP contribution in [0.2, 0.25) is 0 Å². The number of pyridine rings is 1. The molecule has 46 heavy (non-hydrogen) atoms. The van der Waals surface area contributed by atoms with E-state index in [0.717, 1.165) is 50.0 Å². The molecule has 3 aliphatic rings. The molecule has 5 heterocycles. The number of piperazine rings is 1. The Morgan fingerprint density at radius 2 is 1.59 bits per heavy atom. The molecule has 0 atom stereocenters. The lowest BCUT2D eigenvalue weighted by Gasteiger charge is -2.37. The predicted octanol–water partition coefficient (Wildman–Crippen LogP) is 6.44. The molecular weight excluding hydrogens is 582 g/mol. The molecule has 0 N–H and O–H groups in total. The van der Waals surface area contributed by atoms with Crippen molar-refractivity contribution in [2.24, 2.45) is 0 Å². The number of anilines is 2. The minimum absolute atomic E-state index is 0.0169. The monoisotopic (exact) mass is 616 g/mol. The van der Waals surface area contributed by atoms with Crippen molar-refractivity contribution in [1.29, 1.82) is 0 Å². The van der Waals surface area contributed by atoms with Gasteiger partial charge in [-0.3, -0.25) is 9.88 Å². The van der Waals surface area contributed by atoms with Gasteiger partial charge in [0.15, 0.2) is 5.82 Å². The van der Waals surface area contributed by atoms with Crippen LogP contribution in [-0.4, -0.2) is 71.3 Å². The minimum Gasteiger partial charge on any atom is -0.461 e. The van der Waals surface area contributed by atoms with Crippen molar-refractivity contribution in [2.75, 3.05) is 55.7 Å². The van der Waals surface area contributed by atoms with Crippen molar-refractivity contribution in [3.05, 3.63) is 84.1 Å². The zero-order valence-electron chi connectivity index (χ0n) is 25.6. The fourth-order valence-corrected chi connectivity index (χ4v) is 7.70. The molecule has 3 aromatic carbocycles. The van der Waals surface area contributed by atoms with Crippen LogP contribution < -0.4 is 14.5 Å². The van der Waals surface area contributed by atoms with Crippen molar-refractivity contribution < 1.29 is 13.5 Å². The van der Waals surface area contributed by atoms with Gasteiger partial charge in [0, 0.05) is 48.9 Å². The van der Waals surface area contributed by atoms with Crippen LogP contribution in [0.5, 0.6) is 6.01 Å². The summed E-state index contributed by atoms with van der Waals surface area (Å²) >= 11 is 0. The van der Waals surface area contributed by atoms with E-state index in [-0.39, 0.29) is 22.8 Å². The van der Waals surface area contributed by atoms with Gasteiger partial charge in [-0.05, 0) is 62.4 Å². The number of nitrogens with zero attached hydrogens (tertiary/aromatic N) is 6. The molecule has 0 unspecified atom stereocenters. The number of aromatic nitrogens is 3. The van der Waals surface area contributed by atoms with Gasteiger partial charge in [-0.15, -0.1) is 6.42 Å². The molecule has 3 saturated heterocycles. The molecule has 2 aromatic heterocycles. The van der Waals surface area contributed by atoms with Gasteiger partial charge in [-0.25, -0.2) is 8.78 Å². The van der Waals surface area contributed by atoms with Crippen LogP contribution in [0.3, 0.4) is 0 Å². The molecule has 0 aliphatic carbocycles. The first-order valence-electron chi connectivity index (χ1n) is 16.0. The summed E-state index contributed by atoms with van der Waals surface area (Å²) < 4.78 is 38.1. The molecule has 0 spiro atoms. The van der Waals surface area contributed by atoms with Crippen LogP contribution in [0.4, 0.5) is 20.3 Å². The molecule has 0 bridgehead atoms. The van der Waals surface area contributed by atoms with Crippen LogP contribution in [-0.2, 0) is 0 Å². The molecule has 0 amide bonds. The Bertz CT molecular complexity index is 1990. The minimum atomic E-state index is -0.621. The van der Waals surface area contributed by atoms with Crippen LogP contribution >= 0.6 is 0 Å². The standard InChI is InChI=1S/C37H34F2N6O/c1-2-25-9-3-4-14-30(25)43-19-21-44(22-20-43)35-28-23-40-33(27-12-5-10-26-11-6-13-29(38)31(26)27)32(39)34(28)41-36(42-35)46-24-37-15-7-17-45(37)18-8-16-37/h1,3-6,9-14,23H,7-8,15-22,24H2. The number of ether oxygens (including phenoxy) is 1. The number of halogens is 2. The van der Waals surface area contributed by atoms with E-state index < -0.39 is 11.6 Å². The summed E-state index contributed by atoms with van der Waals surface area (Å²) in [4.78, 5) is 21.0. The summed E-state index contributed by atoms with van der Waals surface area (Å²) in [5.74, 6) is 2.32. The maximum Gasteiger partial charge on any atom is 0.319 e. The average Bonchev–Trinajstić information content (AvgIpc) is 3.68. The summed E-state index contributed by atoms with van der Waals surface area (Å²) in [7, 11) is 0. The number of hydrogen-bond acceptors (Lipinski definition) is 7. The second-order valence-corrected chi connectivity index (χ2v) is 12.5. The molecule has 3 aliphatic heterocycles. The number of benzene rings is 3. The van der Waals surface area contributed by atoms with E-state index in [1.807, 2.05) is 36.4 Å². The third-order valence-corrected chi connectivity index (χ3v) is 10.0. The van der Waals surface area contributed by atoms with Gasteiger partial charge in [-0.1, -0.05) is 48.4 Å². The number of para-hydroxylation sites is 1. The molecule has 232 valence electrons. The van der Waals surface area contributed by atoms with Gasteiger partial charge in [0.25, 0.3) is 0 Å². The Morgan fingerprint density at radius 3 is 2.37 bits per heavy atom. The van der Waals surface area contributed by atoms with E-state index in [4.69, 9.17) is 16.1 Å². The third kappa shape index (κ3) is 4.79. The lowest BCUT2D eigenvalue weighted by Crippen LogP contribution is -2.47. The fraction of sp³-hybridized carbons (Fsp3) is 0.324. The van der Waals surface area contributed by atoms with Crippen molar-refractivity contribution in [3.8, 4) is 29.6 Å². The highest BCUT2D eigenvalue weighted by atomic mass is 19.1. The zero-order valence-corrected chi connectivity index (χ0v) is 25.6. The Balaban J connectivity index is 1.19. The van der Waals surface area contributed by atoms with Gasteiger partial charge in [0.1, 0.15) is 29.5 Å². The first kappa shape index (κ1) is 28.6. The summed E-state index contributed by atoms with van der Waals surface area (Å²) in [5.41, 5.74) is 2.41. The summed E-state index contributed by atoms with van der Waals surface area (Å²) in [6, 6.07) is 18.2. The lowest BCUT2D eigenvalue weighted by molar-refractivity contribution is 0.108. The quantitative estimate of drug-likeness (QED) is 0.204. The number of terminal acetylenes is 1. The SMILES string of the molecule is C#Cc1ccccc1N1CCN(c2nc(OCC34CCCN3CCC4)nc3c(F)c(-c4cccc5cccc(F)c45)ncc23)CC1. The predicted molar refractivity (Wildman–Crippen MR) is 177 cm³/mol.